The summed E-state index contributed by atoms with van der Waals surface area (Å²) in [5, 5.41) is 0. The van der Waals surface area contributed by atoms with Gasteiger partial charge in [-0.3, -0.25) is 9.78 Å². The SMILES string of the molecule is CN1CC2(CCN(C(=O)c3ccc(-c4ncccc4F)cc3)C2)OC1=O. The third-order valence-corrected chi connectivity index (χ3v) is 4.91. The molecule has 26 heavy (non-hydrogen) atoms. The van der Waals surface area contributed by atoms with E-state index in [1.807, 2.05) is 0 Å². The number of hydrogen-bond acceptors (Lipinski definition) is 4. The summed E-state index contributed by atoms with van der Waals surface area (Å²) in [5.74, 6) is -0.527. The van der Waals surface area contributed by atoms with Gasteiger partial charge in [0.05, 0.1) is 13.1 Å². The number of rotatable bonds is 2. The molecule has 2 aliphatic heterocycles. The van der Waals surface area contributed by atoms with Crippen LogP contribution in [0.4, 0.5) is 9.18 Å². The second kappa shape index (κ2) is 6.09. The number of carbonyl (C=O) groups is 2. The van der Waals surface area contributed by atoms with Crippen LogP contribution < -0.4 is 0 Å². The number of hydrogen-bond donors (Lipinski definition) is 0. The average Bonchev–Trinajstić information content (AvgIpc) is 3.17. The highest BCUT2D eigenvalue weighted by molar-refractivity contribution is 5.95. The lowest BCUT2D eigenvalue weighted by Gasteiger charge is -2.21. The third-order valence-electron chi connectivity index (χ3n) is 4.91. The first-order chi connectivity index (χ1) is 12.5. The summed E-state index contributed by atoms with van der Waals surface area (Å²) < 4.78 is 19.3. The largest absolute Gasteiger partial charge is 0.439 e. The predicted octanol–water partition coefficient (Wildman–Crippen LogP) is 2.55. The maximum atomic E-state index is 13.8. The van der Waals surface area contributed by atoms with Crippen LogP contribution in [0, 0.1) is 5.82 Å². The summed E-state index contributed by atoms with van der Waals surface area (Å²) in [4.78, 5) is 31.7. The van der Waals surface area contributed by atoms with Crippen LogP contribution in [0.15, 0.2) is 42.6 Å². The molecule has 4 rings (SSSR count). The highest BCUT2D eigenvalue weighted by atomic mass is 19.1. The van der Waals surface area contributed by atoms with Gasteiger partial charge in [-0.25, -0.2) is 9.18 Å². The van der Waals surface area contributed by atoms with Gasteiger partial charge in [0.2, 0.25) is 0 Å². The van der Waals surface area contributed by atoms with Crippen molar-refractivity contribution in [1.82, 2.24) is 14.8 Å². The van der Waals surface area contributed by atoms with Crippen LogP contribution >= 0.6 is 0 Å². The number of nitrogens with zero attached hydrogens (tertiary/aromatic N) is 3. The van der Waals surface area contributed by atoms with Crippen molar-refractivity contribution in [2.75, 3.05) is 26.7 Å². The number of aromatic nitrogens is 1. The predicted molar refractivity (Wildman–Crippen MR) is 92.0 cm³/mol. The van der Waals surface area contributed by atoms with Crippen molar-refractivity contribution in [2.45, 2.75) is 12.0 Å². The number of likely N-dealkylation sites (N-methyl/N-ethyl adjacent to an activating group) is 1. The Kier molecular flexibility index (Phi) is 3.86. The molecule has 1 unspecified atom stereocenters. The molecule has 1 spiro atoms. The second-order valence-electron chi connectivity index (χ2n) is 6.79. The van der Waals surface area contributed by atoms with Gasteiger partial charge in [0.15, 0.2) is 5.60 Å². The number of carbonyl (C=O) groups excluding carboxylic acids is 2. The van der Waals surface area contributed by atoms with Crippen LogP contribution in [0.3, 0.4) is 0 Å². The van der Waals surface area contributed by atoms with Gasteiger partial charge in [0.1, 0.15) is 11.5 Å². The Morgan fingerprint density at radius 1 is 1.23 bits per heavy atom. The van der Waals surface area contributed by atoms with Crippen molar-refractivity contribution >= 4 is 12.0 Å². The summed E-state index contributed by atoms with van der Waals surface area (Å²) >= 11 is 0. The quantitative estimate of drug-likeness (QED) is 0.831. The zero-order valence-electron chi connectivity index (χ0n) is 14.3. The van der Waals surface area contributed by atoms with Gasteiger partial charge in [0.25, 0.3) is 5.91 Å². The minimum absolute atomic E-state index is 0.125. The first-order valence-corrected chi connectivity index (χ1v) is 8.42. The molecule has 2 saturated heterocycles. The Hall–Kier alpha value is -2.96. The standard InChI is InChI=1S/C19H18FN3O3/c1-22-11-19(26-18(22)25)8-10-23(12-19)17(24)14-6-4-13(5-7-14)16-15(20)3-2-9-21-16/h2-7,9H,8,10-12H2,1H3. The molecule has 0 bridgehead atoms. The average molecular weight is 355 g/mol. The first kappa shape index (κ1) is 16.5. The van der Waals surface area contributed by atoms with E-state index in [1.165, 1.54) is 23.2 Å². The number of amides is 2. The lowest BCUT2D eigenvalue weighted by Crippen LogP contribution is -2.39. The minimum Gasteiger partial charge on any atom is -0.439 e. The van der Waals surface area contributed by atoms with Gasteiger partial charge in [-0.1, -0.05) is 12.1 Å². The molecule has 7 heteroatoms. The molecule has 1 aromatic carbocycles. The number of ether oxygens (including phenoxy) is 1. The topological polar surface area (TPSA) is 62.7 Å². The third kappa shape index (κ3) is 2.79. The monoisotopic (exact) mass is 355 g/mol. The molecular formula is C19H18FN3O3. The van der Waals surface area contributed by atoms with Crippen molar-refractivity contribution in [3.05, 3.63) is 54.0 Å². The molecule has 1 aromatic heterocycles. The molecule has 3 heterocycles. The number of halogens is 1. The second-order valence-corrected chi connectivity index (χ2v) is 6.79. The minimum atomic E-state index is -0.599. The zero-order valence-corrected chi connectivity index (χ0v) is 14.3. The van der Waals surface area contributed by atoms with Crippen LogP contribution in [0.2, 0.25) is 0 Å². The fraction of sp³-hybridized carbons (Fsp3) is 0.316. The summed E-state index contributed by atoms with van der Waals surface area (Å²) in [6, 6.07) is 9.60. The van der Waals surface area contributed by atoms with E-state index in [-0.39, 0.29) is 17.7 Å². The number of likely N-dealkylation sites (tertiary alicyclic amines) is 1. The Labute approximate surface area is 150 Å². The van der Waals surface area contributed by atoms with Gasteiger partial charge < -0.3 is 14.5 Å². The van der Waals surface area contributed by atoms with Crippen molar-refractivity contribution in [1.29, 1.82) is 0 Å². The Morgan fingerprint density at radius 2 is 2.00 bits per heavy atom. The summed E-state index contributed by atoms with van der Waals surface area (Å²) in [5.41, 5.74) is 0.787. The lowest BCUT2D eigenvalue weighted by molar-refractivity contribution is 0.0553. The van der Waals surface area contributed by atoms with E-state index < -0.39 is 11.4 Å². The smallest absolute Gasteiger partial charge is 0.410 e. The van der Waals surface area contributed by atoms with Crippen molar-refractivity contribution in [3.63, 3.8) is 0 Å². The highest BCUT2D eigenvalue weighted by Crippen LogP contribution is 2.32. The molecule has 2 fully saturated rings. The summed E-state index contributed by atoms with van der Waals surface area (Å²) in [7, 11) is 1.69. The summed E-state index contributed by atoms with van der Waals surface area (Å²) in [6.07, 6.45) is 1.81. The van der Waals surface area contributed by atoms with E-state index in [0.717, 1.165) is 0 Å². The maximum Gasteiger partial charge on any atom is 0.410 e. The van der Waals surface area contributed by atoms with Crippen LogP contribution in [0.1, 0.15) is 16.8 Å². The zero-order chi connectivity index (χ0) is 18.3. The molecule has 0 N–H and O–H groups in total. The molecule has 2 aliphatic rings. The van der Waals surface area contributed by atoms with Crippen molar-refractivity contribution in [3.8, 4) is 11.3 Å². The maximum absolute atomic E-state index is 13.8. The Balaban J connectivity index is 1.49. The Bertz CT molecular complexity index is 871. The first-order valence-electron chi connectivity index (χ1n) is 8.42. The van der Waals surface area contributed by atoms with Crippen LogP contribution in [0.5, 0.6) is 0 Å². The van der Waals surface area contributed by atoms with Gasteiger partial charge in [-0.2, -0.15) is 0 Å². The fourth-order valence-electron chi connectivity index (χ4n) is 3.57. The van der Waals surface area contributed by atoms with E-state index >= 15 is 0 Å². The van der Waals surface area contributed by atoms with Gasteiger partial charge in [-0.05, 0) is 24.3 Å². The van der Waals surface area contributed by atoms with E-state index in [1.54, 1.807) is 36.2 Å². The van der Waals surface area contributed by atoms with Crippen LogP contribution in [-0.4, -0.2) is 59.1 Å². The lowest BCUT2D eigenvalue weighted by atomic mass is 10.0. The van der Waals surface area contributed by atoms with E-state index in [0.29, 0.717) is 37.2 Å². The van der Waals surface area contributed by atoms with Crippen molar-refractivity contribution in [2.24, 2.45) is 0 Å². The molecule has 2 amide bonds. The van der Waals surface area contributed by atoms with E-state index in [2.05, 4.69) is 4.98 Å². The normalized spacial score (nSPS) is 22.2. The molecular weight excluding hydrogens is 337 g/mol. The van der Waals surface area contributed by atoms with Crippen LogP contribution in [-0.2, 0) is 4.74 Å². The highest BCUT2D eigenvalue weighted by Gasteiger charge is 2.49. The fourth-order valence-corrected chi connectivity index (χ4v) is 3.57. The molecule has 0 saturated carbocycles. The molecule has 6 nitrogen and oxygen atoms in total. The molecule has 0 radical (unpaired) electrons. The molecule has 134 valence electrons. The Morgan fingerprint density at radius 3 is 2.65 bits per heavy atom. The van der Waals surface area contributed by atoms with E-state index in [9.17, 15) is 14.0 Å². The molecule has 0 aliphatic carbocycles. The van der Waals surface area contributed by atoms with Gasteiger partial charge in [0, 0.05) is 37.3 Å². The molecule has 1 atom stereocenters. The molecule has 2 aromatic rings. The van der Waals surface area contributed by atoms with Gasteiger partial charge in [-0.15, -0.1) is 0 Å². The van der Waals surface area contributed by atoms with Crippen molar-refractivity contribution < 1.29 is 18.7 Å². The van der Waals surface area contributed by atoms with E-state index in [4.69, 9.17) is 4.74 Å². The van der Waals surface area contributed by atoms with Gasteiger partial charge >= 0.3 is 6.09 Å². The van der Waals surface area contributed by atoms with Crippen LogP contribution in [0.25, 0.3) is 11.3 Å². The number of pyridine rings is 1. The summed E-state index contributed by atoms with van der Waals surface area (Å²) in [6.45, 7) is 1.42. The number of benzene rings is 1.